The van der Waals surface area contributed by atoms with Crippen LogP contribution in [-0.2, 0) is 26.5 Å². The van der Waals surface area contributed by atoms with Gasteiger partial charge in [0.2, 0.25) is 0 Å². The SMILES string of the molecule is CC[C@H]1CN2C[C@@]3(CCCc4cc(Cl)ccc43)COc3ccc(cc32)C(=O)N=S(=O)(NC(=O)NC(C)C)CCC/C=C\[C@H](OC)[C@@H]1C. The number of rotatable bonds is 4. The van der Waals surface area contributed by atoms with Crippen LogP contribution in [0.25, 0.3) is 0 Å². The number of benzene rings is 2. The zero-order valence-corrected chi connectivity index (χ0v) is 29.8. The molecule has 0 aromatic heterocycles. The van der Waals surface area contributed by atoms with E-state index in [0.29, 0.717) is 37.3 Å². The molecule has 1 spiro atoms. The summed E-state index contributed by atoms with van der Waals surface area (Å²) in [6.45, 7) is 10.0. The molecule has 1 unspecified atom stereocenters. The maximum atomic E-state index is 14.0. The highest BCUT2D eigenvalue weighted by Gasteiger charge is 2.42. The molecule has 0 fully saturated rings. The molecule has 2 heterocycles. The third-order valence-corrected chi connectivity index (χ3v) is 11.9. The molecule has 5 atom stereocenters. The number of ether oxygens (including phenoxy) is 2. The molecule has 0 saturated carbocycles. The molecule has 3 aliphatic rings. The molecule has 11 heteroatoms. The van der Waals surface area contributed by atoms with Gasteiger partial charge < -0.3 is 19.7 Å². The van der Waals surface area contributed by atoms with Crippen molar-refractivity contribution in [2.24, 2.45) is 16.2 Å². The number of halogens is 1. The first-order valence-corrected chi connectivity index (χ1v) is 18.9. The van der Waals surface area contributed by atoms with Crippen molar-refractivity contribution in [1.82, 2.24) is 10.0 Å². The van der Waals surface area contributed by atoms with E-state index in [9.17, 15) is 13.8 Å². The Morgan fingerprint density at radius 3 is 2.79 bits per heavy atom. The van der Waals surface area contributed by atoms with Crippen molar-refractivity contribution >= 4 is 39.1 Å². The van der Waals surface area contributed by atoms with Gasteiger partial charge in [-0.2, -0.15) is 0 Å². The maximum Gasteiger partial charge on any atom is 0.327 e. The van der Waals surface area contributed by atoms with Crippen LogP contribution in [0.2, 0.25) is 5.02 Å². The second-order valence-electron chi connectivity index (χ2n) is 13.6. The van der Waals surface area contributed by atoms with Crippen molar-refractivity contribution in [1.29, 1.82) is 0 Å². The second-order valence-corrected chi connectivity index (χ2v) is 16.1. The Labute approximate surface area is 285 Å². The van der Waals surface area contributed by atoms with E-state index in [4.69, 9.17) is 21.1 Å². The van der Waals surface area contributed by atoms with Crippen molar-refractivity contribution in [2.75, 3.05) is 37.5 Å². The number of aryl methyl sites for hydroxylation is 1. The highest BCUT2D eigenvalue weighted by molar-refractivity contribution is 7.92. The number of anilines is 1. The number of methoxy groups -OCH3 is 1. The fraction of sp³-hybridized carbons (Fsp3) is 0.556. The minimum atomic E-state index is -3.41. The number of nitrogens with one attached hydrogen (secondary N) is 2. The molecular weight excluding hydrogens is 636 g/mol. The number of nitrogens with zero attached hydrogens (tertiary/aromatic N) is 2. The van der Waals surface area contributed by atoms with E-state index in [2.05, 4.69) is 51.4 Å². The molecule has 2 bridgehead atoms. The minimum Gasteiger partial charge on any atom is -0.490 e. The topological polar surface area (TPSA) is 109 Å². The summed E-state index contributed by atoms with van der Waals surface area (Å²) in [7, 11) is -1.67. The summed E-state index contributed by atoms with van der Waals surface area (Å²) < 4.78 is 33.3. The summed E-state index contributed by atoms with van der Waals surface area (Å²) in [6, 6.07) is 10.7. The van der Waals surface area contributed by atoms with Gasteiger partial charge in [-0.25, -0.2) is 9.00 Å². The highest BCUT2D eigenvalue weighted by atomic mass is 35.5. The largest absolute Gasteiger partial charge is 0.490 e. The van der Waals surface area contributed by atoms with Gasteiger partial charge in [-0.05, 0) is 99.2 Å². The van der Waals surface area contributed by atoms with Crippen molar-refractivity contribution in [3.05, 3.63) is 70.3 Å². The molecule has 1 aliphatic carbocycles. The van der Waals surface area contributed by atoms with Gasteiger partial charge in [0.25, 0.3) is 5.91 Å². The van der Waals surface area contributed by atoms with E-state index in [1.54, 1.807) is 13.2 Å². The number of carbonyl (C=O) groups is 2. The van der Waals surface area contributed by atoms with E-state index in [0.717, 1.165) is 42.9 Å². The molecule has 47 heavy (non-hydrogen) atoms. The quantitative estimate of drug-likeness (QED) is 0.334. The smallest absolute Gasteiger partial charge is 0.327 e. The predicted octanol–water partition coefficient (Wildman–Crippen LogP) is 7.07. The Balaban J connectivity index is 1.61. The zero-order valence-electron chi connectivity index (χ0n) is 28.2. The van der Waals surface area contributed by atoms with Crippen molar-refractivity contribution in [2.45, 2.75) is 83.8 Å². The van der Waals surface area contributed by atoms with Gasteiger partial charge in [0, 0.05) is 42.2 Å². The molecule has 9 nitrogen and oxygen atoms in total. The van der Waals surface area contributed by atoms with Crippen molar-refractivity contribution < 1.29 is 23.3 Å². The first-order chi connectivity index (χ1) is 22.5. The van der Waals surface area contributed by atoms with E-state index in [1.807, 2.05) is 38.1 Å². The van der Waals surface area contributed by atoms with Crippen LogP contribution in [0.15, 0.2) is 52.9 Å². The molecule has 3 amide bonds. The molecular formula is C36H49ClN4O5S. The Morgan fingerprint density at radius 1 is 1.23 bits per heavy atom. The molecule has 0 radical (unpaired) electrons. The van der Waals surface area contributed by atoms with E-state index in [-0.39, 0.29) is 35.1 Å². The number of hydrogen-bond donors (Lipinski definition) is 2. The van der Waals surface area contributed by atoms with Crippen LogP contribution in [0.3, 0.4) is 0 Å². The number of fused-ring (bicyclic) bond motifs is 3. The Kier molecular flexibility index (Phi) is 11.2. The van der Waals surface area contributed by atoms with Crippen LogP contribution >= 0.6 is 11.6 Å². The summed E-state index contributed by atoms with van der Waals surface area (Å²) in [5.41, 5.74) is 3.37. The molecule has 5 rings (SSSR count). The lowest BCUT2D eigenvalue weighted by Crippen LogP contribution is -2.47. The van der Waals surface area contributed by atoms with Crippen molar-refractivity contribution in [3.63, 3.8) is 0 Å². The van der Waals surface area contributed by atoms with Gasteiger partial charge in [-0.3, -0.25) is 9.52 Å². The lowest BCUT2D eigenvalue weighted by Gasteiger charge is -2.42. The first kappa shape index (κ1) is 35.2. The molecule has 2 aromatic rings. The summed E-state index contributed by atoms with van der Waals surface area (Å²) in [5.74, 6) is 0.565. The third kappa shape index (κ3) is 8.15. The maximum absolute atomic E-state index is 14.0. The van der Waals surface area contributed by atoms with Gasteiger partial charge in [-0.1, -0.05) is 50.1 Å². The van der Waals surface area contributed by atoms with Crippen LogP contribution in [0, 0.1) is 11.8 Å². The lowest BCUT2D eigenvalue weighted by molar-refractivity contribution is 0.0694. The molecule has 2 aliphatic heterocycles. The summed E-state index contributed by atoms with van der Waals surface area (Å²) in [4.78, 5) is 28.7. The van der Waals surface area contributed by atoms with Gasteiger partial charge in [0.15, 0.2) is 0 Å². The molecule has 0 saturated heterocycles. The summed E-state index contributed by atoms with van der Waals surface area (Å²) in [5, 5.41) is 3.43. The number of urea groups is 1. The van der Waals surface area contributed by atoms with E-state index >= 15 is 0 Å². The zero-order chi connectivity index (χ0) is 33.8. The minimum absolute atomic E-state index is 0.0332. The second kappa shape index (κ2) is 15.0. The fourth-order valence-corrected chi connectivity index (χ4v) is 9.02. The standard InChI is InChI=1S/C36H49ClN4O5S/c1-6-26-21-41-22-36(17-10-11-27-19-29(37)14-15-30(27)36)23-46-33-16-13-28(20-31(33)41)34(42)39-47(44,40-35(43)38-24(2)3)18-9-7-8-12-32(45-5)25(26)4/h8,12-16,19-20,24-26,32H,6-7,9-11,17-18,21-23H2,1-5H3,(H2,38,39,40,42,43,44)/b12-8-/t25-,26+,32+,36+,47?/m1/s1. The number of amides is 3. The normalized spacial score (nSPS) is 28.9. The lowest BCUT2D eigenvalue weighted by atomic mass is 9.70. The van der Waals surface area contributed by atoms with E-state index in [1.165, 1.54) is 11.1 Å². The average Bonchev–Trinajstić information content (AvgIpc) is 3.17. The Morgan fingerprint density at radius 2 is 2.04 bits per heavy atom. The van der Waals surface area contributed by atoms with Gasteiger partial charge in [0.05, 0.1) is 24.2 Å². The highest BCUT2D eigenvalue weighted by Crippen LogP contribution is 2.45. The van der Waals surface area contributed by atoms with Gasteiger partial charge in [0.1, 0.15) is 15.7 Å². The Bertz CT molecular complexity index is 1620. The number of carbonyl (C=O) groups excluding carboxylic acids is 2. The molecule has 2 N–H and O–H groups in total. The predicted molar refractivity (Wildman–Crippen MR) is 189 cm³/mol. The average molecular weight is 685 g/mol. The molecule has 2 aromatic carbocycles. The van der Waals surface area contributed by atoms with Crippen LogP contribution in [0.5, 0.6) is 5.75 Å². The number of allylic oxidation sites excluding steroid dienone is 1. The Hall–Kier alpha value is -3.08. The molecule has 256 valence electrons. The van der Waals surface area contributed by atoms with Crippen molar-refractivity contribution in [3.8, 4) is 5.75 Å². The van der Waals surface area contributed by atoms with E-state index < -0.39 is 21.9 Å². The van der Waals surface area contributed by atoms with Gasteiger partial charge in [-0.15, -0.1) is 4.36 Å². The number of hydrogen-bond acceptors (Lipinski definition) is 6. The monoisotopic (exact) mass is 684 g/mol. The van der Waals surface area contributed by atoms with Crippen LogP contribution in [0.4, 0.5) is 10.5 Å². The van der Waals surface area contributed by atoms with Crippen LogP contribution < -0.4 is 19.7 Å². The summed E-state index contributed by atoms with van der Waals surface area (Å²) in [6.07, 6.45) is 9.00. The summed E-state index contributed by atoms with van der Waals surface area (Å²) >= 11 is 6.44. The van der Waals surface area contributed by atoms with Gasteiger partial charge >= 0.3 is 6.03 Å². The third-order valence-electron chi connectivity index (χ3n) is 9.82. The fourth-order valence-electron chi connectivity index (χ4n) is 7.30. The first-order valence-electron chi connectivity index (χ1n) is 16.8. The van der Waals surface area contributed by atoms with Crippen LogP contribution in [0.1, 0.15) is 81.3 Å². The van der Waals surface area contributed by atoms with Crippen LogP contribution in [-0.4, -0.2) is 60.9 Å².